The Bertz CT molecular complexity index is 647. The number of hydrogen-bond donors (Lipinski definition) is 2. The molecule has 9 heteroatoms. The van der Waals surface area contributed by atoms with Crippen molar-refractivity contribution < 1.29 is 13.2 Å². The summed E-state index contributed by atoms with van der Waals surface area (Å²) in [6.45, 7) is 0. The zero-order valence-corrected chi connectivity index (χ0v) is 15.2. The highest BCUT2D eigenvalue weighted by Crippen LogP contribution is 2.30. The molecule has 1 amide bonds. The number of amides is 1. The third-order valence-electron chi connectivity index (χ3n) is 3.47. The fraction of sp³-hybridized carbons (Fsp3) is 0.500. The highest BCUT2D eigenvalue weighted by atomic mass is 35.6. The van der Waals surface area contributed by atoms with Crippen molar-refractivity contribution in [3.8, 4) is 0 Å². The second-order valence-corrected chi connectivity index (χ2v) is 10.1. The fourth-order valence-corrected chi connectivity index (χ4v) is 4.41. The predicted molar refractivity (Wildman–Crippen MR) is 92.6 cm³/mol. The molecule has 1 aliphatic heterocycles. The van der Waals surface area contributed by atoms with Crippen LogP contribution in [0, 0.1) is 0 Å². The van der Waals surface area contributed by atoms with Crippen LogP contribution in [0.25, 0.3) is 0 Å². The molecule has 5 nitrogen and oxygen atoms in total. The Morgan fingerprint density at radius 2 is 1.91 bits per heavy atom. The highest BCUT2D eigenvalue weighted by molar-refractivity contribution is 7.91. The number of hydrogen-bond acceptors (Lipinski definition) is 4. The molecule has 0 bridgehead atoms. The Hall–Kier alpha value is -0.530. The zero-order chi connectivity index (χ0) is 17.1. The monoisotopic (exact) mass is 398 g/mol. The van der Waals surface area contributed by atoms with Gasteiger partial charge in [0.15, 0.2) is 9.84 Å². The SMILES string of the molecule is O=C(Cc1ccccc1)NC(NC1CCS(=O)(=O)C1)C(Cl)(Cl)Cl. The van der Waals surface area contributed by atoms with Crippen LogP contribution >= 0.6 is 34.8 Å². The van der Waals surface area contributed by atoms with Crippen LogP contribution < -0.4 is 10.6 Å². The topological polar surface area (TPSA) is 75.3 Å². The number of carbonyl (C=O) groups is 1. The van der Waals surface area contributed by atoms with Crippen molar-refractivity contribution in [3.63, 3.8) is 0 Å². The van der Waals surface area contributed by atoms with E-state index in [0.717, 1.165) is 5.56 Å². The standard InChI is InChI=1S/C14H17Cl3N2O3S/c15-14(16,17)13(18-11-6-7-23(21,22)9-11)19-12(20)8-10-4-2-1-3-5-10/h1-5,11,13,18H,6-9H2,(H,19,20). The van der Waals surface area contributed by atoms with E-state index in [9.17, 15) is 13.2 Å². The lowest BCUT2D eigenvalue weighted by Gasteiger charge is -2.29. The summed E-state index contributed by atoms with van der Waals surface area (Å²) in [6, 6.07) is 8.81. The van der Waals surface area contributed by atoms with Crippen LogP contribution in [0.3, 0.4) is 0 Å². The van der Waals surface area contributed by atoms with Crippen LogP contribution in [-0.2, 0) is 21.1 Å². The van der Waals surface area contributed by atoms with Gasteiger partial charge in [-0.3, -0.25) is 10.1 Å². The molecule has 128 valence electrons. The van der Waals surface area contributed by atoms with E-state index in [1.165, 1.54) is 0 Å². The first-order valence-corrected chi connectivity index (χ1v) is 9.98. The zero-order valence-electron chi connectivity index (χ0n) is 12.1. The van der Waals surface area contributed by atoms with Crippen LogP contribution in [0.1, 0.15) is 12.0 Å². The molecule has 2 N–H and O–H groups in total. The normalized spacial score (nSPS) is 21.8. The third-order valence-corrected chi connectivity index (χ3v) is 5.90. The molecule has 23 heavy (non-hydrogen) atoms. The third kappa shape index (κ3) is 6.12. The Morgan fingerprint density at radius 1 is 1.26 bits per heavy atom. The van der Waals surface area contributed by atoms with Crippen molar-refractivity contribution >= 4 is 50.5 Å². The quantitative estimate of drug-likeness (QED) is 0.585. The summed E-state index contributed by atoms with van der Waals surface area (Å²) in [4.78, 5) is 12.1. The summed E-state index contributed by atoms with van der Waals surface area (Å²) in [5, 5.41) is 5.54. The number of rotatable bonds is 5. The van der Waals surface area contributed by atoms with E-state index in [1.54, 1.807) is 0 Å². The average Bonchev–Trinajstić information content (AvgIpc) is 2.77. The molecule has 2 atom stereocenters. The summed E-state index contributed by atoms with van der Waals surface area (Å²) in [7, 11) is -3.07. The van der Waals surface area contributed by atoms with Gasteiger partial charge in [-0.05, 0) is 12.0 Å². The van der Waals surface area contributed by atoms with Crippen LogP contribution in [0.15, 0.2) is 30.3 Å². The number of sulfone groups is 1. The minimum absolute atomic E-state index is 0.0290. The van der Waals surface area contributed by atoms with Gasteiger partial charge in [0.25, 0.3) is 0 Å². The van der Waals surface area contributed by atoms with Gasteiger partial charge in [0, 0.05) is 6.04 Å². The van der Waals surface area contributed by atoms with Gasteiger partial charge in [0.2, 0.25) is 9.70 Å². The van der Waals surface area contributed by atoms with E-state index in [4.69, 9.17) is 34.8 Å². The van der Waals surface area contributed by atoms with Crippen molar-refractivity contribution in [2.45, 2.75) is 28.8 Å². The van der Waals surface area contributed by atoms with E-state index in [0.29, 0.717) is 6.42 Å². The van der Waals surface area contributed by atoms with E-state index < -0.39 is 19.8 Å². The molecule has 1 saturated heterocycles. The molecule has 1 fully saturated rings. The predicted octanol–water partition coefficient (Wildman–Crippen LogP) is 1.82. The van der Waals surface area contributed by atoms with Crippen LogP contribution in [0.4, 0.5) is 0 Å². The molecule has 0 spiro atoms. The van der Waals surface area contributed by atoms with Gasteiger partial charge in [-0.15, -0.1) is 0 Å². The van der Waals surface area contributed by atoms with Gasteiger partial charge in [0.1, 0.15) is 6.17 Å². The number of nitrogens with one attached hydrogen (secondary N) is 2. The molecule has 1 heterocycles. The highest BCUT2D eigenvalue weighted by Gasteiger charge is 2.38. The van der Waals surface area contributed by atoms with E-state index in [-0.39, 0.29) is 29.9 Å². The van der Waals surface area contributed by atoms with Gasteiger partial charge in [0.05, 0.1) is 17.9 Å². The van der Waals surface area contributed by atoms with Gasteiger partial charge in [-0.2, -0.15) is 0 Å². The lowest BCUT2D eigenvalue weighted by Crippen LogP contribution is -2.57. The summed E-state index contributed by atoms with van der Waals surface area (Å²) < 4.78 is 21.2. The Labute approximate surface area is 150 Å². The largest absolute Gasteiger partial charge is 0.336 e. The molecule has 1 aliphatic rings. The summed E-state index contributed by atoms with van der Waals surface area (Å²) >= 11 is 17.7. The van der Waals surface area contributed by atoms with Crippen molar-refractivity contribution in [2.75, 3.05) is 11.5 Å². The van der Waals surface area contributed by atoms with Crippen LogP contribution in [-0.4, -0.2) is 41.8 Å². The van der Waals surface area contributed by atoms with Gasteiger partial charge >= 0.3 is 0 Å². The molecule has 2 unspecified atom stereocenters. The first-order valence-electron chi connectivity index (χ1n) is 7.02. The summed E-state index contributed by atoms with van der Waals surface area (Å²) in [5.41, 5.74) is 0.830. The molecular weight excluding hydrogens is 383 g/mol. The lowest BCUT2D eigenvalue weighted by atomic mass is 10.1. The summed E-state index contributed by atoms with van der Waals surface area (Å²) in [6.07, 6.45) is -0.404. The fourth-order valence-electron chi connectivity index (χ4n) is 2.37. The molecular formula is C14H17Cl3N2O3S. The molecule has 1 aromatic carbocycles. The second kappa shape index (κ2) is 7.57. The van der Waals surface area contributed by atoms with Crippen LogP contribution in [0.2, 0.25) is 0 Å². The maximum absolute atomic E-state index is 12.1. The number of halogens is 3. The molecule has 1 aromatic rings. The number of carbonyl (C=O) groups excluding carboxylic acids is 1. The second-order valence-electron chi connectivity index (χ2n) is 5.47. The molecule has 0 aromatic heterocycles. The molecule has 0 saturated carbocycles. The molecule has 0 radical (unpaired) electrons. The van der Waals surface area contributed by atoms with Gasteiger partial charge in [-0.1, -0.05) is 65.1 Å². The Kier molecular flexibility index (Phi) is 6.19. The van der Waals surface area contributed by atoms with Crippen molar-refractivity contribution in [2.24, 2.45) is 0 Å². The lowest BCUT2D eigenvalue weighted by molar-refractivity contribution is -0.121. The van der Waals surface area contributed by atoms with E-state index >= 15 is 0 Å². The smallest absolute Gasteiger partial charge is 0.225 e. The van der Waals surface area contributed by atoms with Crippen molar-refractivity contribution in [1.29, 1.82) is 0 Å². The maximum atomic E-state index is 12.1. The summed E-state index contributed by atoms with van der Waals surface area (Å²) in [5.74, 6) is -0.255. The number of alkyl halides is 3. The minimum Gasteiger partial charge on any atom is -0.336 e. The first-order chi connectivity index (χ1) is 10.7. The van der Waals surface area contributed by atoms with Gasteiger partial charge < -0.3 is 5.32 Å². The average molecular weight is 400 g/mol. The Balaban J connectivity index is 1.97. The number of benzene rings is 1. The Morgan fingerprint density at radius 3 is 2.43 bits per heavy atom. The van der Waals surface area contributed by atoms with Crippen molar-refractivity contribution in [1.82, 2.24) is 10.6 Å². The van der Waals surface area contributed by atoms with E-state index in [2.05, 4.69) is 10.6 Å². The molecule has 2 rings (SSSR count). The maximum Gasteiger partial charge on any atom is 0.225 e. The van der Waals surface area contributed by atoms with Crippen LogP contribution in [0.5, 0.6) is 0 Å². The molecule has 0 aliphatic carbocycles. The van der Waals surface area contributed by atoms with Gasteiger partial charge in [-0.25, -0.2) is 8.42 Å². The first kappa shape index (κ1) is 18.8. The van der Waals surface area contributed by atoms with Crippen molar-refractivity contribution in [3.05, 3.63) is 35.9 Å². The van der Waals surface area contributed by atoms with E-state index in [1.807, 2.05) is 30.3 Å². The minimum atomic E-state index is -3.07.